The van der Waals surface area contributed by atoms with E-state index in [2.05, 4.69) is 10.0 Å². The maximum absolute atomic E-state index is 13.0. The molecule has 0 saturated heterocycles. The topological polar surface area (TPSA) is 84.5 Å². The van der Waals surface area contributed by atoms with Crippen molar-refractivity contribution in [3.8, 4) is 5.75 Å². The molecule has 32 heavy (non-hydrogen) atoms. The Morgan fingerprint density at radius 2 is 1.62 bits per heavy atom. The van der Waals surface area contributed by atoms with Gasteiger partial charge in [0.1, 0.15) is 5.75 Å². The van der Waals surface area contributed by atoms with Crippen molar-refractivity contribution in [3.05, 3.63) is 89.0 Å². The van der Waals surface area contributed by atoms with Crippen LogP contribution in [0.4, 0.5) is 5.69 Å². The third-order valence-electron chi connectivity index (χ3n) is 5.39. The van der Waals surface area contributed by atoms with Crippen LogP contribution in [0.5, 0.6) is 5.75 Å². The Morgan fingerprint density at radius 3 is 2.22 bits per heavy atom. The first kappa shape index (κ1) is 23.3. The van der Waals surface area contributed by atoms with Gasteiger partial charge in [0.2, 0.25) is 0 Å². The van der Waals surface area contributed by atoms with E-state index < -0.39 is 10.0 Å². The van der Waals surface area contributed by atoms with Gasteiger partial charge in [0.25, 0.3) is 15.9 Å². The molecule has 0 aromatic heterocycles. The normalized spacial score (nSPS) is 12.1. The molecular formula is C25H28N2O4S. The molecule has 3 aromatic carbocycles. The van der Waals surface area contributed by atoms with Crippen LogP contribution >= 0.6 is 0 Å². The van der Waals surface area contributed by atoms with E-state index in [0.717, 1.165) is 16.9 Å². The van der Waals surface area contributed by atoms with Gasteiger partial charge in [-0.1, -0.05) is 42.8 Å². The van der Waals surface area contributed by atoms with Gasteiger partial charge >= 0.3 is 0 Å². The summed E-state index contributed by atoms with van der Waals surface area (Å²) in [6, 6.07) is 19.0. The lowest BCUT2D eigenvalue weighted by atomic mass is 10.0. The van der Waals surface area contributed by atoms with Gasteiger partial charge in [-0.25, -0.2) is 8.42 Å². The standard InChI is InChI=1S/C25H28N2O4S/c1-5-23(19-11-13-20(31-4)14-12-19)26-25(28)22-7-6-8-24(18(22)3)27-32(29,30)21-15-9-17(2)10-16-21/h6-16,23,27H,5H2,1-4H3,(H,26,28)/t23-/m0/s1. The number of amides is 1. The number of rotatable bonds is 8. The summed E-state index contributed by atoms with van der Waals surface area (Å²) in [5, 5.41) is 3.05. The van der Waals surface area contributed by atoms with Crippen LogP contribution in [-0.4, -0.2) is 21.4 Å². The van der Waals surface area contributed by atoms with Crippen LogP contribution in [-0.2, 0) is 10.0 Å². The second-order valence-corrected chi connectivity index (χ2v) is 9.29. The van der Waals surface area contributed by atoms with Crippen LogP contribution in [0.3, 0.4) is 0 Å². The van der Waals surface area contributed by atoms with Crippen molar-refractivity contribution < 1.29 is 17.9 Å². The minimum absolute atomic E-state index is 0.169. The van der Waals surface area contributed by atoms with Gasteiger partial charge in [0.05, 0.1) is 23.7 Å². The minimum atomic E-state index is -3.77. The van der Waals surface area contributed by atoms with Gasteiger partial charge in [-0.05, 0) is 67.8 Å². The van der Waals surface area contributed by atoms with E-state index in [-0.39, 0.29) is 16.8 Å². The molecule has 0 radical (unpaired) electrons. The number of hydrogen-bond acceptors (Lipinski definition) is 4. The van der Waals surface area contributed by atoms with Crippen LogP contribution in [0.1, 0.15) is 46.4 Å². The summed E-state index contributed by atoms with van der Waals surface area (Å²) in [4.78, 5) is 13.2. The maximum atomic E-state index is 13.0. The second-order valence-electron chi connectivity index (χ2n) is 7.60. The van der Waals surface area contributed by atoms with E-state index in [9.17, 15) is 13.2 Å². The Balaban J connectivity index is 1.82. The van der Waals surface area contributed by atoms with Crippen molar-refractivity contribution in [3.63, 3.8) is 0 Å². The first-order valence-electron chi connectivity index (χ1n) is 10.4. The molecule has 0 aliphatic heterocycles. The summed E-state index contributed by atoms with van der Waals surface area (Å²) >= 11 is 0. The zero-order chi connectivity index (χ0) is 23.3. The molecule has 0 bridgehead atoms. The maximum Gasteiger partial charge on any atom is 0.261 e. The number of benzene rings is 3. The highest BCUT2D eigenvalue weighted by molar-refractivity contribution is 7.92. The molecule has 0 spiro atoms. The molecule has 0 unspecified atom stereocenters. The van der Waals surface area contributed by atoms with Crippen molar-refractivity contribution in [2.45, 2.75) is 38.1 Å². The number of sulfonamides is 1. The molecular weight excluding hydrogens is 424 g/mol. The predicted octanol–water partition coefficient (Wildman–Crippen LogP) is 4.99. The first-order valence-corrected chi connectivity index (χ1v) is 11.9. The number of hydrogen-bond donors (Lipinski definition) is 2. The molecule has 0 fully saturated rings. The Morgan fingerprint density at radius 1 is 0.969 bits per heavy atom. The van der Waals surface area contributed by atoms with Crippen molar-refractivity contribution in [1.82, 2.24) is 5.32 Å². The Kier molecular flexibility index (Phi) is 7.20. The van der Waals surface area contributed by atoms with E-state index in [4.69, 9.17) is 4.74 Å². The molecule has 2 N–H and O–H groups in total. The molecule has 3 aromatic rings. The fourth-order valence-corrected chi connectivity index (χ4v) is 4.53. The lowest BCUT2D eigenvalue weighted by Crippen LogP contribution is -2.29. The average Bonchev–Trinajstić information content (AvgIpc) is 2.79. The smallest absolute Gasteiger partial charge is 0.261 e. The number of ether oxygens (including phenoxy) is 1. The third kappa shape index (κ3) is 5.29. The second kappa shape index (κ2) is 9.87. The highest BCUT2D eigenvalue weighted by Gasteiger charge is 2.20. The first-order chi connectivity index (χ1) is 15.2. The number of anilines is 1. The van der Waals surface area contributed by atoms with E-state index in [1.165, 1.54) is 0 Å². The van der Waals surface area contributed by atoms with Crippen molar-refractivity contribution in [2.24, 2.45) is 0 Å². The van der Waals surface area contributed by atoms with Crippen molar-refractivity contribution >= 4 is 21.6 Å². The van der Waals surface area contributed by atoms with Crippen LogP contribution in [0, 0.1) is 13.8 Å². The van der Waals surface area contributed by atoms with Crippen LogP contribution in [0.15, 0.2) is 71.6 Å². The number of nitrogens with one attached hydrogen (secondary N) is 2. The SMILES string of the molecule is CC[C@H](NC(=O)c1cccc(NS(=O)(=O)c2ccc(C)cc2)c1C)c1ccc(OC)cc1. The zero-order valence-electron chi connectivity index (χ0n) is 18.7. The fourth-order valence-electron chi connectivity index (χ4n) is 3.41. The van der Waals surface area contributed by atoms with Crippen molar-refractivity contribution in [1.29, 1.82) is 0 Å². The number of aryl methyl sites for hydroxylation is 1. The van der Waals surface area contributed by atoms with Gasteiger partial charge in [-0.15, -0.1) is 0 Å². The fraction of sp³-hybridized carbons (Fsp3) is 0.240. The van der Waals surface area contributed by atoms with E-state index in [1.807, 2.05) is 38.1 Å². The monoisotopic (exact) mass is 452 g/mol. The molecule has 0 aliphatic carbocycles. The zero-order valence-corrected chi connectivity index (χ0v) is 19.5. The summed E-state index contributed by atoms with van der Waals surface area (Å²) < 4.78 is 33.4. The molecule has 168 valence electrons. The number of carbonyl (C=O) groups is 1. The lowest BCUT2D eigenvalue weighted by molar-refractivity contribution is 0.0935. The summed E-state index contributed by atoms with van der Waals surface area (Å²) in [5.41, 5.74) is 3.29. The van der Waals surface area contributed by atoms with E-state index in [0.29, 0.717) is 23.2 Å². The summed E-state index contributed by atoms with van der Waals surface area (Å²) in [6.07, 6.45) is 0.705. The quantitative estimate of drug-likeness (QED) is 0.504. The molecule has 3 rings (SSSR count). The number of carbonyl (C=O) groups excluding carboxylic acids is 1. The van der Waals surface area contributed by atoms with Gasteiger partial charge in [-0.3, -0.25) is 9.52 Å². The van der Waals surface area contributed by atoms with Gasteiger partial charge in [0, 0.05) is 5.56 Å². The van der Waals surface area contributed by atoms with Crippen LogP contribution in [0.25, 0.3) is 0 Å². The molecule has 0 saturated carbocycles. The van der Waals surface area contributed by atoms with Gasteiger partial charge in [0.15, 0.2) is 0 Å². The molecule has 1 amide bonds. The molecule has 7 heteroatoms. The Bertz CT molecular complexity index is 1190. The van der Waals surface area contributed by atoms with Crippen molar-refractivity contribution in [2.75, 3.05) is 11.8 Å². The van der Waals surface area contributed by atoms with E-state index in [1.54, 1.807) is 56.5 Å². The summed E-state index contributed by atoms with van der Waals surface area (Å²) in [5.74, 6) is 0.487. The molecule has 0 heterocycles. The van der Waals surface area contributed by atoms with Gasteiger partial charge in [-0.2, -0.15) is 0 Å². The summed E-state index contributed by atoms with van der Waals surface area (Å²) in [6.45, 7) is 5.62. The number of methoxy groups -OCH3 is 1. The van der Waals surface area contributed by atoms with Gasteiger partial charge < -0.3 is 10.1 Å². The minimum Gasteiger partial charge on any atom is -0.497 e. The highest BCUT2D eigenvalue weighted by atomic mass is 32.2. The molecule has 0 aliphatic rings. The lowest BCUT2D eigenvalue weighted by Gasteiger charge is -2.19. The predicted molar refractivity (Wildman–Crippen MR) is 127 cm³/mol. The highest BCUT2D eigenvalue weighted by Crippen LogP contribution is 2.25. The molecule has 6 nitrogen and oxygen atoms in total. The van der Waals surface area contributed by atoms with E-state index >= 15 is 0 Å². The molecule has 1 atom stereocenters. The van der Waals surface area contributed by atoms with Crippen LogP contribution < -0.4 is 14.8 Å². The van der Waals surface area contributed by atoms with Crippen LogP contribution in [0.2, 0.25) is 0 Å². The summed E-state index contributed by atoms with van der Waals surface area (Å²) in [7, 11) is -2.16. The average molecular weight is 453 g/mol. The Hall–Kier alpha value is -3.32. The Labute approximate surface area is 189 Å². The third-order valence-corrected chi connectivity index (χ3v) is 6.77. The largest absolute Gasteiger partial charge is 0.497 e.